The maximum absolute atomic E-state index is 12.0. The molecule has 1 amide bonds. The van der Waals surface area contributed by atoms with Crippen LogP contribution >= 0.6 is 0 Å². The second-order valence-corrected chi connectivity index (χ2v) is 9.69. The molecule has 2 aromatic rings. The van der Waals surface area contributed by atoms with Gasteiger partial charge in [-0.1, -0.05) is 23.8 Å². The molecule has 1 heterocycles. The van der Waals surface area contributed by atoms with Crippen molar-refractivity contribution in [1.82, 2.24) is 4.72 Å². The molecule has 0 bridgehead atoms. The highest BCUT2D eigenvalue weighted by molar-refractivity contribution is 7.92. The normalized spacial score (nSPS) is 16.0. The third-order valence-corrected chi connectivity index (χ3v) is 6.21. The monoisotopic (exact) mass is 440 g/mol. The van der Waals surface area contributed by atoms with Crippen molar-refractivity contribution in [3.8, 4) is 5.75 Å². The van der Waals surface area contributed by atoms with E-state index < -0.39 is 32.9 Å². The Morgan fingerprint density at radius 3 is 2.48 bits per heavy atom. The first-order valence-electron chi connectivity index (χ1n) is 8.41. The van der Waals surface area contributed by atoms with Crippen molar-refractivity contribution in [3.63, 3.8) is 0 Å². The molecule has 0 aromatic heterocycles. The zero-order chi connectivity index (χ0) is 21.6. The summed E-state index contributed by atoms with van der Waals surface area (Å²) in [5.74, 6) is -1.02. The van der Waals surface area contributed by atoms with E-state index >= 15 is 0 Å². The number of carbonyl (C=O) groups excluding carboxylic acids is 1. The lowest BCUT2D eigenvalue weighted by Gasteiger charge is -2.18. The summed E-state index contributed by atoms with van der Waals surface area (Å²) >= 11 is 0. The molecule has 12 heteroatoms. The number of aryl methyl sites for hydroxylation is 2. The van der Waals surface area contributed by atoms with E-state index in [-0.39, 0.29) is 17.9 Å². The van der Waals surface area contributed by atoms with Gasteiger partial charge in [-0.05, 0) is 49.1 Å². The zero-order valence-electron chi connectivity index (χ0n) is 15.6. The van der Waals surface area contributed by atoms with E-state index in [1.54, 1.807) is 25.1 Å². The Hall–Kier alpha value is -2.83. The number of anilines is 2. The van der Waals surface area contributed by atoms with E-state index in [9.17, 15) is 26.7 Å². The highest BCUT2D eigenvalue weighted by Crippen LogP contribution is 2.33. The smallest absolute Gasteiger partial charge is 0.326 e. The maximum Gasteiger partial charge on any atom is 0.326 e. The molecule has 10 nitrogen and oxygen atoms in total. The lowest BCUT2D eigenvalue weighted by molar-refractivity contribution is -0.117. The van der Waals surface area contributed by atoms with E-state index in [1.165, 1.54) is 12.1 Å². The molecule has 1 aliphatic heterocycles. The molecule has 0 radical (unpaired) electrons. The van der Waals surface area contributed by atoms with Crippen LogP contribution in [0.2, 0.25) is 0 Å². The summed E-state index contributed by atoms with van der Waals surface area (Å²) in [6.45, 7) is 3.18. The van der Waals surface area contributed by atoms with Gasteiger partial charge >= 0.3 is 10.2 Å². The Morgan fingerprint density at radius 2 is 1.93 bits per heavy atom. The van der Waals surface area contributed by atoms with E-state index in [4.69, 9.17) is 5.14 Å². The van der Waals surface area contributed by atoms with Crippen molar-refractivity contribution in [2.75, 3.05) is 15.6 Å². The molecule has 3 rings (SSSR count). The van der Waals surface area contributed by atoms with Crippen molar-refractivity contribution < 1.29 is 26.7 Å². The van der Waals surface area contributed by atoms with Gasteiger partial charge in [0.25, 0.3) is 16.1 Å². The van der Waals surface area contributed by atoms with Gasteiger partial charge in [-0.25, -0.2) is 14.2 Å². The number of hydrogen-bond donors (Lipinski definition) is 4. The number of amides is 1. The summed E-state index contributed by atoms with van der Waals surface area (Å²) in [4.78, 5) is 11.4. The van der Waals surface area contributed by atoms with Crippen LogP contribution < -0.4 is 18.9 Å². The minimum absolute atomic E-state index is 0.0320. The van der Waals surface area contributed by atoms with Gasteiger partial charge in [-0.3, -0.25) is 9.52 Å². The quantitative estimate of drug-likeness (QED) is 0.526. The number of phenolic OH excluding ortho intramolecular Hbond substituents is 1. The van der Waals surface area contributed by atoms with E-state index in [1.807, 2.05) is 11.6 Å². The predicted molar refractivity (Wildman–Crippen MR) is 108 cm³/mol. The van der Waals surface area contributed by atoms with Crippen molar-refractivity contribution in [3.05, 3.63) is 52.6 Å². The summed E-state index contributed by atoms with van der Waals surface area (Å²) in [7, 11) is -8.02. The van der Waals surface area contributed by atoms with Gasteiger partial charge in [0.15, 0.2) is 0 Å². The predicted octanol–water partition coefficient (Wildman–Crippen LogP) is 0.396. The van der Waals surface area contributed by atoms with Crippen LogP contribution in [-0.2, 0) is 31.6 Å². The number of aromatic hydroxyl groups is 1. The molecule has 0 atom stereocenters. The molecule has 156 valence electrons. The number of hydrogen-bond acceptors (Lipinski definition) is 6. The SMILES string of the molecule is Cc1cc(C)c(NS(N)(=O)=O)c(Cc2ccc(N3CC(=O)NS3(=O)=O)c(O)c2)c1. The third-order valence-electron chi connectivity index (χ3n) is 4.33. The molecule has 5 N–H and O–H groups in total. The molecule has 0 spiro atoms. The Bertz CT molecular complexity index is 1210. The first-order chi connectivity index (χ1) is 13.4. The molecule has 0 unspecified atom stereocenters. The maximum atomic E-state index is 12.0. The highest BCUT2D eigenvalue weighted by atomic mass is 32.2. The Kier molecular flexibility index (Phi) is 5.19. The topological polar surface area (TPSA) is 159 Å². The van der Waals surface area contributed by atoms with Crippen molar-refractivity contribution in [1.29, 1.82) is 0 Å². The zero-order valence-corrected chi connectivity index (χ0v) is 17.3. The van der Waals surface area contributed by atoms with Gasteiger partial charge in [0.1, 0.15) is 12.3 Å². The van der Waals surface area contributed by atoms with E-state index in [0.29, 0.717) is 22.4 Å². The number of carbonyl (C=O) groups is 1. The van der Waals surface area contributed by atoms with Crippen LogP contribution in [0, 0.1) is 13.8 Å². The van der Waals surface area contributed by atoms with Gasteiger partial charge in [0.05, 0.1) is 11.4 Å². The fourth-order valence-corrected chi connectivity index (χ4v) is 4.99. The average molecular weight is 441 g/mol. The Labute approximate surface area is 168 Å². The Morgan fingerprint density at radius 1 is 1.24 bits per heavy atom. The number of nitrogens with two attached hydrogens (primary N) is 1. The van der Waals surface area contributed by atoms with Gasteiger partial charge in [0.2, 0.25) is 0 Å². The molecule has 1 aliphatic rings. The van der Waals surface area contributed by atoms with Gasteiger partial charge in [0, 0.05) is 0 Å². The number of nitrogens with zero attached hydrogens (tertiary/aromatic N) is 1. The van der Waals surface area contributed by atoms with Crippen LogP contribution in [-0.4, -0.2) is 34.4 Å². The highest BCUT2D eigenvalue weighted by Gasteiger charge is 2.35. The molecule has 0 aliphatic carbocycles. The number of nitrogens with one attached hydrogen (secondary N) is 2. The van der Waals surface area contributed by atoms with Crippen LogP contribution in [0.3, 0.4) is 0 Å². The summed E-state index contributed by atoms with van der Waals surface area (Å²) in [6, 6.07) is 7.94. The first-order valence-corrected chi connectivity index (χ1v) is 11.4. The van der Waals surface area contributed by atoms with Crippen molar-refractivity contribution in [2.45, 2.75) is 20.3 Å². The summed E-state index contributed by atoms with van der Waals surface area (Å²) in [6.07, 6.45) is 0.248. The summed E-state index contributed by atoms with van der Waals surface area (Å²) < 4.78 is 51.9. The Balaban J connectivity index is 1.96. The second-order valence-electron chi connectivity index (χ2n) is 6.80. The van der Waals surface area contributed by atoms with E-state index in [2.05, 4.69) is 4.72 Å². The van der Waals surface area contributed by atoms with Crippen LogP contribution in [0.1, 0.15) is 22.3 Å². The fourth-order valence-electron chi connectivity index (χ4n) is 3.25. The van der Waals surface area contributed by atoms with Gasteiger partial charge in [-0.2, -0.15) is 16.8 Å². The minimum atomic E-state index is -4.04. The summed E-state index contributed by atoms with van der Waals surface area (Å²) in [5, 5.41) is 15.4. The summed E-state index contributed by atoms with van der Waals surface area (Å²) in [5.41, 5.74) is 3.14. The van der Waals surface area contributed by atoms with Crippen molar-refractivity contribution in [2.24, 2.45) is 5.14 Å². The standard InChI is InChI=1S/C17H20N4O6S2/c1-10-5-11(2)17(20-28(18,24)25)13(6-10)7-12-3-4-14(15(22)8-12)21-9-16(23)19-29(21,26)27/h3-6,8,20,22H,7,9H2,1-2H3,(H,19,23)(H2,18,24,25). The van der Waals surface area contributed by atoms with Crippen LogP contribution in [0.15, 0.2) is 30.3 Å². The lowest BCUT2D eigenvalue weighted by atomic mass is 9.98. The lowest BCUT2D eigenvalue weighted by Crippen LogP contribution is -2.29. The van der Waals surface area contributed by atoms with Crippen molar-refractivity contribution >= 4 is 37.7 Å². The third kappa shape index (κ3) is 4.60. The molecule has 1 saturated heterocycles. The first kappa shape index (κ1) is 20.9. The molecule has 2 aromatic carbocycles. The van der Waals surface area contributed by atoms with Crippen LogP contribution in [0.4, 0.5) is 11.4 Å². The minimum Gasteiger partial charge on any atom is -0.506 e. The van der Waals surface area contributed by atoms with Crippen LogP contribution in [0.5, 0.6) is 5.75 Å². The van der Waals surface area contributed by atoms with Gasteiger partial charge in [-0.15, -0.1) is 0 Å². The molecular weight excluding hydrogens is 420 g/mol. The average Bonchev–Trinajstić information content (AvgIpc) is 2.82. The number of phenols is 1. The molecule has 0 saturated carbocycles. The van der Waals surface area contributed by atoms with E-state index in [0.717, 1.165) is 9.87 Å². The van der Waals surface area contributed by atoms with Crippen LogP contribution in [0.25, 0.3) is 0 Å². The van der Waals surface area contributed by atoms with Gasteiger partial charge < -0.3 is 5.11 Å². The molecular formula is C17H20N4O6S2. The number of benzene rings is 2. The fraction of sp³-hybridized carbons (Fsp3) is 0.235. The second kappa shape index (κ2) is 7.21. The number of rotatable bonds is 5. The largest absolute Gasteiger partial charge is 0.506 e. The molecule has 1 fully saturated rings. The molecule has 29 heavy (non-hydrogen) atoms.